The molecule has 0 aliphatic rings. The summed E-state index contributed by atoms with van der Waals surface area (Å²) >= 11 is 11.4. The van der Waals surface area contributed by atoms with Gasteiger partial charge in [0.05, 0.1) is 23.9 Å². The summed E-state index contributed by atoms with van der Waals surface area (Å²) in [5, 5.41) is 6.09. The maximum absolute atomic E-state index is 12.0. The van der Waals surface area contributed by atoms with Crippen LogP contribution in [-0.4, -0.2) is 28.8 Å². The SMILES string of the molecule is COC(=O)c1cccc(NC(=O)Cn2ncc(Cl)c(Cl)c2=O)c1. The van der Waals surface area contributed by atoms with Crippen molar-refractivity contribution in [2.75, 3.05) is 12.4 Å². The van der Waals surface area contributed by atoms with Crippen LogP contribution in [0.5, 0.6) is 0 Å². The summed E-state index contributed by atoms with van der Waals surface area (Å²) in [6, 6.07) is 6.18. The lowest BCUT2D eigenvalue weighted by molar-refractivity contribution is -0.117. The van der Waals surface area contributed by atoms with E-state index in [1.807, 2.05) is 0 Å². The van der Waals surface area contributed by atoms with Gasteiger partial charge in [-0.05, 0) is 18.2 Å². The lowest BCUT2D eigenvalue weighted by atomic mass is 10.2. The normalized spacial score (nSPS) is 10.2. The molecular weight excluding hydrogens is 345 g/mol. The fourth-order valence-corrected chi connectivity index (χ4v) is 2.01. The number of hydrogen-bond acceptors (Lipinski definition) is 5. The van der Waals surface area contributed by atoms with E-state index in [1.54, 1.807) is 18.2 Å². The van der Waals surface area contributed by atoms with Crippen molar-refractivity contribution in [2.24, 2.45) is 0 Å². The summed E-state index contributed by atoms with van der Waals surface area (Å²) in [7, 11) is 1.26. The summed E-state index contributed by atoms with van der Waals surface area (Å²) in [5.74, 6) is -1.04. The number of carbonyl (C=O) groups is 2. The van der Waals surface area contributed by atoms with Gasteiger partial charge in [-0.25, -0.2) is 9.48 Å². The molecule has 1 aromatic heterocycles. The predicted octanol–water partition coefficient (Wildman–Crippen LogP) is 1.98. The zero-order valence-electron chi connectivity index (χ0n) is 11.9. The van der Waals surface area contributed by atoms with Crippen molar-refractivity contribution in [1.82, 2.24) is 9.78 Å². The number of nitrogens with zero attached hydrogens (tertiary/aromatic N) is 2. The number of aromatic nitrogens is 2. The van der Waals surface area contributed by atoms with E-state index >= 15 is 0 Å². The molecule has 0 radical (unpaired) electrons. The van der Waals surface area contributed by atoms with Crippen molar-refractivity contribution in [3.05, 3.63) is 56.4 Å². The standard InChI is InChI=1S/C14H11Cl2N3O4/c1-23-14(22)8-3-2-4-9(5-8)18-11(20)7-19-13(21)12(16)10(15)6-17-19/h2-6H,7H2,1H3,(H,18,20). The van der Waals surface area contributed by atoms with Gasteiger partial charge >= 0.3 is 5.97 Å². The Morgan fingerprint density at radius 1 is 1.35 bits per heavy atom. The van der Waals surface area contributed by atoms with Crippen LogP contribution in [-0.2, 0) is 16.1 Å². The van der Waals surface area contributed by atoms with Gasteiger partial charge < -0.3 is 10.1 Å². The molecule has 0 bridgehead atoms. The molecule has 0 saturated heterocycles. The Hall–Kier alpha value is -2.38. The summed E-state index contributed by atoms with van der Waals surface area (Å²) in [6.07, 6.45) is 1.18. The Morgan fingerprint density at radius 2 is 2.09 bits per heavy atom. The van der Waals surface area contributed by atoms with E-state index < -0.39 is 17.4 Å². The van der Waals surface area contributed by atoms with Crippen molar-refractivity contribution in [2.45, 2.75) is 6.54 Å². The number of hydrogen-bond donors (Lipinski definition) is 1. The summed E-state index contributed by atoms with van der Waals surface area (Å²) in [5.41, 5.74) is -0.00114. The maximum Gasteiger partial charge on any atom is 0.337 e. The third-order valence-electron chi connectivity index (χ3n) is 2.80. The first-order valence-corrected chi connectivity index (χ1v) is 7.07. The molecule has 2 aromatic rings. The second kappa shape index (κ2) is 7.26. The van der Waals surface area contributed by atoms with Crippen LogP contribution < -0.4 is 10.9 Å². The van der Waals surface area contributed by atoms with Crippen LogP contribution in [0.15, 0.2) is 35.3 Å². The first-order chi connectivity index (χ1) is 10.9. The second-order valence-corrected chi connectivity index (χ2v) is 5.18. The van der Waals surface area contributed by atoms with Gasteiger partial charge in [-0.2, -0.15) is 5.10 Å². The fraction of sp³-hybridized carbons (Fsp3) is 0.143. The molecule has 2 rings (SSSR count). The number of nitrogens with one attached hydrogen (secondary N) is 1. The van der Waals surface area contributed by atoms with Crippen molar-refractivity contribution < 1.29 is 14.3 Å². The molecule has 120 valence electrons. The number of amides is 1. The number of esters is 1. The van der Waals surface area contributed by atoms with Crippen molar-refractivity contribution >= 4 is 40.8 Å². The Bertz CT molecular complexity index is 820. The average molecular weight is 356 g/mol. The topological polar surface area (TPSA) is 90.3 Å². The van der Waals surface area contributed by atoms with Gasteiger partial charge in [0.2, 0.25) is 5.91 Å². The highest BCUT2D eigenvalue weighted by Gasteiger charge is 2.12. The molecule has 23 heavy (non-hydrogen) atoms. The minimum Gasteiger partial charge on any atom is -0.465 e. The summed E-state index contributed by atoms with van der Waals surface area (Å²) in [4.78, 5) is 35.2. The highest BCUT2D eigenvalue weighted by atomic mass is 35.5. The van der Waals surface area contributed by atoms with E-state index in [9.17, 15) is 14.4 Å². The zero-order chi connectivity index (χ0) is 17.0. The number of methoxy groups -OCH3 is 1. The van der Waals surface area contributed by atoms with Gasteiger partial charge in [0.15, 0.2) is 0 Å². The molecule has 0 aliphatic heterocycles. The summed E-state index contributed by atoms with van der Waals surface area (Å²) < 4.78 is 5.48. The lowest BCUT2D eigenvalue weighted by Crippen LogP contribution is -2.29. The molecule has 9 heteroatoms. The number of halogens is 2. The van der Waals surface area contributed by atoms with Gasteiger partial charge in [-0.3, -0.25) is 9.59 Å². The number of benzene rings is 1. The van der Waals surface area contributed by atoms with Crippen molar-refractivity contribution in [1.29, 1.82) is 0 Å². The van der Waals surface area contributed by atoms with Gasteiger partial charge in [-0.15, -0.1) is 0 Å². The highest BCUT2D eigenvalue weighted by Crippen LogP contribution is 2.15. The van der Waals surface area contributed by atoms with Gasteiger partial charge in [-0.1, -0.05) is 29.3 Å². The Kier molecular flexibility index (Phi) is 5.36. The minimum atomic E-state index is -0.669. The zero-order valence-corrected chi connectivity index (χ0v) is 13.4. The second-order valence-electron chi connectivity index (χ2n) is 4.39. The molecule has 7 nitrogen and oxygen atoms in total. The highest BCUT2D eigenvalue weighted by molar-refractivity contribution is 6.41. The van der Waals surface area contributed by atoms with Crippen LogP contribution >= 0.6 is 23.2 Å². The number of carbonyl (C=O) groups excluding carboxylic acids is 2. The Labute approximate surface area is 140 Å². The van der Waals surface area contributed by atoms with Crippen molar-refractivity contribution in [3.63, 3.8) is 0 Å². The van der Waals surface area contributed by atoms with E-state index in [0.717, 1.165) is 4.68 Å². The van der Waals surface area contributed by atoms with E-state index in [4.69, 9.17) is 23.2 Å². The van der Waals surface area contributed by atoms with Crippen LogP contribution in [0.2, 0.25) is 10.0 Å². The number of anilines is 1. The molecule has 0 spiro atoms. The number of rotatable bonds is 4. The average Bonchev–Trinajstić information content (AvgIpc) is 2.55. The van der Waals surface area contributed by atoms with E-state index in [0.29, 0.717) is 5.69 Å². The monoisotopic (exact) mass is 355 g/mol. The molecule has 0 fully saturated rings. The van der Waals surface area contributed by atoms with Gasteiger partial charge in [0.1, 0.15) is 11.6 Å². The van der Waals surface area contributed by atoms with Gasteiger partial charge in [0, 0.05) is 5.69 Å². The van der Waals surface area contributed by atoms with Crippen molar-refractivity contribution in [3.8, 4) is 0 Å². The van der Waals surface area contributed by atoms with E-state index in [-0.39, 0.29) is 22.2 Å². The smallest absolute Gasteiger partial charge is 0.337 e. The van der Waals surface area contributed by atoms with Crippen LogP contribution in [0.25, 0.3) is 0 Å². The Balaban J connectivity index is 2.13. The quantitative estimate of drug-likeness (QED) is 0.846. The first-order valence-electron chi connectivity index (χ1n) is 6.31. The van der Waals surface area contributed by atoms with E-state index in [1.165, 1.54) is 19.4 Å². The molecule has 1 aromatic carbocycles. The molecule has 1 amide bonds. The molecule has 1 N–H and O–H groups in total. The Morgan fingerprint density at radius 3 is 2.78 bits per heavy atom. The molecule has 0 atom stereocenters. The van der Waals surface area contributed by atoms with Gasteiger partial charge in [0.25, 0.3) is 5.56 Å². The molecule has 0 unspecified atom stereocenters. The predicted molar refractivity (Wildman–Crippen MR) is 84.9 cm³/mol. The molecule has 1 heterocycles. The third-order valence-corrected chi connectivity index (χ3v) is 3.55. The third kappa shape index (κ3) is 4.08. The van der Waals surface area contributed by atoms with Crippen LogP contribution in [0, 0.1) is 0 Å². The van der Waals surface area contributed by atoms with Crippen LogP contribution in [0.1, 0.15) is 10.4 Å². The maximum atomic E-state index is 12.0. The summed E-state index contributed by atoms with van der Waals surface area (Å²) in [6.45, 7) is -0.349. The minimum absolute atomic E-state index is 0.0131. The molecule has 0 aliphatic carbocycles. The first kappa shape index (κ1) is 17.0. The number of ether oxygens (including phenoxy) is 1. The largest absolute Gasteiger partial charge is 0.465 e. The fourth-order valence-electron chi connectivity index (χ4n) is 1.74. The van der Waals surface area contributed by atoms with Crippen LogP contribution in [0.3, 0.4) is 0 Å². The molecular formula is C14H11Cl2N3O4. The lowest BCUT2D eigenvalue weighted by Gasteiger charge is -2.08. The van der Waals surface area contributed by atoms with Crippen LogP contribution in [0.4, 0.5) is 5.69 Å². The molecule has 0 saturated carbocycles. The van der Waals surface area contributed by atoms with E-state index in [2.05, 4.69) is 15.2 Å².